The van der Waals surface area contributed by atoms with Crippen molar-refractivity contribution in [3.8, 4) is 0 Å². The van der Waals surface area contributed by atoms with Gasteiger partial charge in [0, 0.05) is 6.42 Å². The first-order valence-corrected chi connectivity index (χ1v) is 8.24. The number of hydrogen-bond acceptors (Lipinski definition) is 6. The summed E-state index contributed by atoms with van der Waals surface area (Å²) in [5.74, 6) is -0.798. The number of methoxy groups -OCH3 is 1. The molecule has 0 radical (unpaired) electrons. The van der Waals surface area contributed by atoms with E-state index in [-0.39, 0.29) is 5.91 Å². The van der Waals surface area contributed by atoms with Crippen molar-refractivity contribution in [3.05, 3.63) is 0 Å². The zero-order valence-corrected chi connectivity index (χ0v) is 14.7. The van der Waals surface area contributed by atoms with Crippen molar-refractivity contribution in [1.29, 1.82) is 0 Å². The Hall–Kier alpha value is -1.83. The summed E-state index contributed by atoms with van der Waals surface area (Å²) in [7, 11) is 1.30. The van der Waals surface area contributed by atoms with Gasteiger partial charge >= 0.3 is 12.1 Å². The SMILES string of the molecule is COC(=O)[C@@H]1CCC[C@@H]2OCC[C@H](NC(=O)OC(C)(C)C)C(=O)N21. The van der Waals surface area contributed by atoms with Gasteiger partial charge in [0.1, 0.15) is 23.9 Å². The van der Waals surface area contributed by atoms with Gasteiger partial charge in [-0.25, -0.2) is 9.59 Å². The Kier molecular flexibility index (Phi) is 5.69. The van der Waals surface area contributed by atoms with E-state index in [1.54, 1.807) is 20.8 Å². The van der Waals surface area contributed by atoms with E-state index in [4.69, 9.17) is 14.2 Å². The molecule has 8 heteroatoms. The molecule has 136 valence electrons. The Morgan fingerprint density at radius 1 is 1.25 bits per heavy atom. The van der Waals surface area contributed by atoms with E-state index >= 15 is 0 Å². The summed E-state index contributed by atoms with van der Waals surface area (Å²) < 4.78 is 15.7. The van der Waals surface area contributed by atoms with E-state index in [0.717, 1.165) is 6.42 Å². The number of esters is 1. The maximum absolute atomic E-state index is 12.9. The number of nitrogens with zero attached hydrogens (tertiary/aromatic N) is 1. The van der Waals surface area contributed by atoms with E-state index in [2.05, 4.69) is 5.32 Å². The lowest BCUT2D eigenvalue weighted by atomic mass is 9.99. The molecule has 2 saturated heterocycles. The molecule has 2 heterocycles. The second-order valence-electron chi connectivity index (χ2n) is 7.03. The lowest BCUT2D eigenvalue weighted by molar-refractivity contribution is -0.169. The maximum Gasteiger partial charge on any atom is 0.408 e. The summed E-state index contributed by atoms with van der Waals surface area (Å²) in [4.78, 5) is 38.3. The first-order valence-electron chi connectivity index (χ1n) is 8.24. The number of fused-ring (bicyclic) bond motifs is 1. The van der Waals surface area contributed by atoms with Crippen LogP contribution in [0.1, 0.15) is 46.5 Å². The number of amides is 2. The fourth-order valence-corrected chi connectivity index (χ4v) is 3.00. The fraction of sp³-hybridized carbons (Fsp3) is 0.812. The normalized spacial score (nSPS) is 27.8. The third kappa shape index (κ3) is 4.37. The van der Waals surface area contributed by atoms with Crippen molar-refractivity contribution < 1.29 is 28.6 Å². The van der Waals surface area contributed by atoms with Crippen LogP contribution in [0.3, 0.4) is 0 Å². The molecule has 0 aromatic heterocycles. The third-order valence-electron chi connectivity index (χ3n) is 4.01. The van der Waals surface area contributed by atoms with Crippen molar-refractivity contribution in [2.45, 2.75) is 70.4 Å². The minimum absolute atomic E-state index is 0.321. The number of nitrogens with one attached hydrogen (secondary N) is 1. The van der Waals surface area contributed by atoms with Crippen molar-refractivity contribution in [1.82, 2.24) is 10.2 Å². The monoisotopic (exact) mass is 342 g/mol. The molecule has 2 aliphatic heterocycles. The molecule has 8 nitrogen and oxygen atoms in total. The van der Waals surface area contributed by atoms with Gasteiger partial charge in [-0.15, -0.1) is 0 Å². The highest BCUT2D eigenvalue weighted by Crippen LogP contribution is 2.28. The second kappa shape index (κ2) is 7.38. The highest BCUT2D eigenvalue weighted by Gasteiger charge is 2.44. The van der Waals surface area contributed by atoms with Crippen LogP contribution in [0.4, 0.5) is 4.79 Å². The number of carbonyl (C=O) groups excluding carboxylic acids is 3. The summed E-state index contributed by atoms with van der Waals surface area (Å²) in [6, 6.07) is -1.46. The zero-order chi connectivity index (χ0) is 17.9. The molecule has 1 N–H and O–H groups in total. The van der Waals surface area contributed by atoms with E-state index in [1.807, 2.05) is 0 Å². The van der Waals surface area contributed by atoms with Gasteiger partial charge < -0.3 is 24.4 Å². The summed E-state index contributed by atoms with van der Waals surface area (Å²) in [6.45, 7) is 5.57. The molecule has 0 spiro atoms. The van der Waals surface area contributed by atoms with E-state index < -0.39 is 36.0 Å². The van der Waals surface area contributed by atoms with Gasteiger partial charge in [-0.1, -0.05) is 0 Å². The van der Waals surface area contributed by atoms with Crippen LogP contribution < -0.4 is 5.32 Å². The third-order valence-corrected chi connectivity index (χ3v) is 4.01. The van der Waals surface area contributed by atoms with Gasteiger partial charge in [0.2, 0.25) is 5.91 Å². The molecule has 3 atom stereocenters. The Morgan fingerprint density at radius 2 is 1.96 bits per heavy atom. The lowest BCUT2D eigenvalue weighted by Gasteiger charge is -2.39. The molecule has 0 bridgehead atoms. The minimum Gasteiger partial charge on any atom is -0.467 e. The van der Waals surface area contributed by atoms with Gasteiger partial charge in [0.15, 0.2) is 0 Å². The van der Waals surface area contributed by atoms with E-state index in [0.29, 0.717) is 25.9 Å². The van der Waals surface area contributed by atoms with E-state index in [1.165, 1.54) is 12.0 Å². The first-order chi connectivity index (χ1) is 11.2. The molecule has 2 aliphatic rings. The molecular formula is C16H26N2O6. The molecule has 0 aliphatic carbocycles. The molecule has 2 rings (SSSR count). The van der Waals surface area contributed by atoms with Gasteiger partial charge in [0.05, 0.1) is 13.7 Å². The molecular weight excluding hydrogens is 316 g/mol. The minimum atomic E-state index is -0.782. The predicted molar refractivity (Wildman–Crippen MR) is 84.0 cm³/mol. The Labute approximate surface area is 141 Å². The number of piperidine rings is 1. The Balaban J connectivity index is 2.13. The molecule has 0 saturated carbocycles. The fourth-order valence-electron chi connectivity index (χ4n) is 3.00. The van der Waals surface area contributed by atoms with Crippen LogP contribution in [-0.2, 0) is 23.8 Å². The number of hydrogen-bond donors (Lipinski definition) is 1. The van der Waals surface area contributed by atoms with Crippen LogP contribution in [0.25, 0.3) is 0 Å². The summed E-state index contributed by atoms with van der Waals surface area (Å²) in [5.41, 5.74) is -0.656. The molecule has 0 aromatic carbocycles. The molecule has 0 unspecified atom stereocenters. The molecule has 0 aromatic rings. The average molecular weight is 342 g/mol. The predicted octanol–water partition coefficient (Wildman–Crippen LogP) is 1.18. The quantitative estimate of drug-likeness (QED) is 0.757. The number of alkyl carbamates (subject to hydrolysis) is 1. The van der Waals surface area contributed by atoms with Crippen LogP contribution in [0.2, 0.25) is 0 Å². The van der Waals surface area contributed by atoms with Crippen molar-refractivity contribution in [3.63, 3.8) is 0 Å². The van der Waals surface area contributed by atoms with Crippen LogP contribution in [0.15, 0.2) is 0 Å². The van der Waals surface area contributed by atoms with Crippen LogP contribution in [0.5, 0.6) is 0 Å². The largest absolute Gasteiger partial charge is 0.467 e. The average Bonchev–Trinajstić information content (AvgIpc) is 2.64. The number of ether oxygens (including phenoxy) is 3. The molecule has 2 fully saturated rings. The lowest BCUT2D eigenvalue weighted by Crippen LogP contribution is -2.58. The van der Waals surface area contributed by atoms with Crippen molar-refractivity contribution in [2.75, 3.05) is 13.7 Å². The molecule has 2 amide bonds. The van der Waals surface area contributed by atoms with Crippen LogP contribution >= 0.6 is 0 Å². The van der Waals surface area contributed by atoms with Gasteiger partial charge in [-0.2, -0.15) is 0 Å². The topological polar surface area (TPSA) is 94.2 Å². The van der Waals surface area contributed by atoms with Gasteiger partial charge in [-0.05, 0) is 40.0 Å². The van der Waals surface area contributed by atoms with Gasteiger partial charge in [-0.3, -0.25) is 4.79 Å². The highest BCUT2D eigenvalue weighted by atomic mass is 16.6. The Morgan fingerprint density at radius 3 is 2.58 bits per heavy atom. The second-order valence-corrected chi connectivity index (χ2v) is 7.03. The Bertz CT molecular complexity index is 501. The van der Waals surface area contributed by atoms with Crippen molar-refractivity contribution in [2.24, 2.45) is 0 Å². The first kappa shape index (κ1) is 18.5. The summed E-state index contributed by atoms with van der Waals surface area (Å²) in [6.07, 6.45) is 1.18. The standard InChI is InChI=1S/C16H26N2O6/c1-16(2,3)24-15(21)17-10-8-9-23-12-7-5-6-11(14(20)22-4)18(12)13(10)19/h10-12H,5-9H2,1-4H3,(H,17,21)/t10-,11-,12-/m0/s1. The van der Waals surface area contributed by atoms with Gasteiger partial charge in [0.25, 0.3) is 0 Å². The summed E-state index contributed by atoms with van der Waals surface area (Å²) in [5, 5.41) is 2.59. The maximum atomic E-state index is 12.9. The zero-order valence-electron chi connectivity index (χ0n) is 14.7. The number of rotatable bonds is 2. The smallest absolute Gasteiger partial charge is 0.408 e. The molecule has 24 heavy (non-hydrogen) atoms. The van der Waals surface area contributed by atoms with Crippen molar-refractivity contribution >= 4 is 18.0 Å². The summed E-state index contributed by atoms with van der Waals surface area (Å²) >= 11 is 0. The number of carbonyl (C=O) groups is 3. The van der Waals surface area contributed by atoms with Crippen LogP contribution in [-0.4, -0.2) is 60.5 Å². The van der Waals surface area contributed by atoms with Crippen LogP contribution in [0, 0.1) is 0 Å². The highest BCUT2D eigenvalue weighted by molar-refractivity contribution is 5.90. The van der Waals surface area contributed by atoms with E-state index in [9.17, 15) is 14.4 Å².